The van der Waals surface area contributed by atoms with Crippen LogP contribution in [0.5, 0.6) is 0 Å². The Balaban J connectivity index is 1.65. The number of anilines is 1. The number of fused-ring (bicyclic) bond motifs is 1. The minimum atomic E-state index is 0.749. The number of pyridine rings is 2. The predicted molar refractivity (Wildman–Crippen MR) is 115 cm³/mol. The highest BCUT2D eigenvalue weighted by Gasteiger charge is 2.18. The van der Waals surface area contributed by atoms with Crippen molar-refractivity contribution in [2.75, 3.05) is 31.2 Å². The van der Waals surface area contributed by atoms with Crippen LogP contribution in [0.3, 0.4) is 0 Å². The molecular formula is C23H23N5O. The van der Waals surface area contributed by atoms with Gasteiger partial charge >= 0.3 is 0 Å². The number of morpholine rings is 1. The molecule has 3 aromatic heterocycles. The Bertz CT molecular complexity index is 1160. The van der Waals surface area contributed by atoms with Gasteiger partial charge in [0.2, 0.25) is 0 Å². The summed E-state index contributed by atoms with van der Waals surface area (Å²) >= 11 is 0. The number of aromatic nitrogens is 4. The summed E-state index contributed by atoms with van der Waals surface area (Å²) in [7, 11) is 0. The second-order valence-corrected chi connectivity index (χ2v) is 7.43. The number of ether oxygens (including phenoxy) is 1. The Kier molecular flexibility index (Phi) is 4.48. The van der Waals surface area contributed by atoms with Crippen molar-refractivity contribution in [1.29, 1.82) is 0 Å². The molecule has 1 aliphatic rings. The molecule has 5 rings (SSSR count). The van der Waals surface area contributed by atoms with E-state index in [4.69, 9.17) is 14.7 Å². The third-order valence-electron chi connectivity index (χ3n) is 5.42. The summed E-state index contributed by atoms with van der Waals surface area (Å²) in [4.78, 5) is 16.3. The predicted octanol–water partition coefficient (Wildman–Crippen LogP) is 3.94. The van der Waals surface area contributed by atoms with Crippen LogP contribution in [0.2, 0.25) is 0 Å². The third-order valence-corrected chi connectivity index (χ3v) is 5.42. The normalized spacial score (nSPS) is 14.5. The van der Waals surface area contributed by atoms with Crippen molar-refractivity contribution in [2.45, 2.75) is 13.8 Å². The lowest BCUT2D eigenvalue weighted by Crippen LogP contribution is -2.36. The van der Waals surface area contributed by atoms with Crippen LogP contribution in [0.15, 0.2) is 55.0 Å². The van der Waals surface area contributed by atoms with Gasteiger partial charge in [0, 0.05) is 36.7 Å². The van der Waals surface area contributed by atoms with E-state index in [9.17, 15) is 0 Å². The number of hydrogen-bond acceptors (Lipinski definition) is 5. The fraction of sp³-hybridized carbons (Fsp3) is 0.261. The maximum Gasteiger partial charge on any atom is 0.147 e. The molecule has 1 fully saturated rings. The Hall–Kier alpha value is -3.25. The average molecular weight is 385 g/mol. The van der Waals surface area contributed by atoms with Gasteiger partial charge in [0.1, 0.15) is 11.6 Å². The van der Waals surface area contributed by atoms with Gasteiger partial charge in [0.15, 0.2) is 0 Å². The number of rotatable bonds is 3. The highest BCUT2D eigenvalue weighted by molar-refractivity contribution is 5.83. The molecule has 4 heterocycles. The molecule has 1 aromatic carbocycles. The van der Waals surface area contributed by atoms with E-state index in [2.05, 4.69) is 58.6 Å². The fourth-order valence-electron chi connectivity index (χ4n) is 3.80. The van der Waals surface area contributed by atoms with Gasteiger partial charge in [-0.05, 0) is 43.7 Å². The molecule has 0 aliphatic carbocycles. The monoisotopic (exact) mass is 385 g/mol. The van der Waals surface area contributed by atoms with Crippen LogP contribution in [0.1, 0.15) is 11.1 Å². The molecule has 6 heteroatoms. The number of hydrogen-bond donors (Lipinski definition) is 0. The maximum atomic E-state index is 5.46. The van der Waals surface area contributed by atoms with Crippen molar-refractivity contribution in [3.8, 4) is 17.1 Å². The third kappa shape index (κ3) is 3.25. The zero-order valence-corrected chi connectivity index (χ0v) is 16.7. The molecule has 0 unspecified atom stereocenters. The molecule has 146 valence electrons. The quantitative estimate of drug-likeness (QED) is 0.535. The smallest absolute Gasteiger partial charge is 0.147 e. The van der Waals surface area contributed by atoms with Gasteiger partial charge in [-0.3, -0.25) is 9.55 Å². The molecular weight excluding hydrogens is 362 g/mol. The van der Waals surface area contributed by atoms with Gasteiger partial charge in [-0.2, -0.15) is 0 Å². The first kappa shape index (κ1) is 17.8. The number of benzene rings is 1. The molecule has 0 radical (unpaired) electrons. The van der Waals surface area contributed by atoms with Gasteiger partial charge in [-0.25, -0.2) is 9.97 Å². The Labute approximate surface area is 169 Å². The molecule has 1 saturated heterocycles. The zero-order valence-electron chi connectivity index (χ0n) is 16.7. The van der Waals surface area contributed by atoms with Crippen molar-refractivity contribution in [2.24, 2.45) is 0 Å². The van der Waals surface area contributed by atoms with Crippen LogP contribution in [0.25, 0.3) is 28.1 Å². The highest BCUT2D eigenvalue weighted by atomic mass is 16.5. The van der Waals surface area contributed by atoms with Crippen molar-refractivity contribution >= 4 is 16.9 Å². The van der Waals surface area contributed by atoms with Crippen LogP contribution < -0.4 is 4.90 Å². The Morgan fingerprint density at radius 2 is 1.76 bits per heavy atom. The van der Waals surface area contributed by atoms with Crippen molar-refractivity contribution < 1.29 is 4.74 Å². The molecule has 29 heavy (non-hydrogen) atoms. The minimum absolute atomic E-state index is 0.749. The second-order valence-electron chi connectivity index (χ2n) is 7.43. The summed E-state index contributed by atoms with van der Waals surface area (Å²) in [6.45, 7) is 7.46. The van der Waals surface area contributed by atoms with Crippen LogP contribution in [-0.4, -0.2) is 45.8 Å². The molecule has 0 bridgehead atoms. The Morgan fingerprint density at radius 3 is 2.52 bits per heavy atom. The molecule has 0 N–H and O–H groups in total. The average Bonchev–Trinajstić information content (AvgIpc) is 3.14. The molecule has 0 spiro atoms. The van der Waals surface area contributed by atoms with Crippen molar-refractivity contribution in [1.82, 2.24) is 19.5 Å². The summed E-state index contributed by atoms with van der Waals surface area (Å²) in [6.07, 6.45) is 5.60. The highest BCUT2D eigenvalue weighted by Crippen LogP contribution is 2.31. The lowest BCUT2D eigenvalue weighted by molar-refractivity contribution is 0.122. The first-order valence-corrected chi connectivity index (χ1v) is 9.90. The number of aryl methyl sites for hydroxylation is 2. The molecule has 4 aromatic rings. The van der Waals surface area contributed by atoms with Crippen LogP contribution >= 0.6 is 0 Å². The van der Waals surface area contributed by atoms with Crippen LogP contribution in [0, 0.1) is 13.8 Å². The van der Waals surface area contributed by atoms with E-state index >= 15 is 0 Å². The van der Waals surface area contributed by atoms with E-state index in [1.165, 1.54) is 5.56 Å². The molecule has 6 nitrogen and oxygen atoms in total. The van der Waals surface area contributed by atoms with Gasteiger partial charge in [0.05, 0.1) is 30.4 Å². The van der Waals surface area contributed by atoms with E-state index in [1.807, 2.05) is 18.5 Å². The summed E-state index contributed by atoms with van der Waals surface area (Å²) < 4.78 is 7.63. The maximum absolute atomic E-state index is 5.46. The first-order valence-electron chi connectivity index (χ1n) is 9.90. The minimum Gasteiger partial charge on any atom is -0.378 e. The second kappa shape index (κ2) is 7.29. The molecule has 1 aliphatic heterocycles. The van der Waals surface area contributed by atoms with Gasteiger partial charge in [0.25, 0.3) is 0 Å². The molecule has 0 amide bonds. The van der Waals surface area contributed by atoms with Gasteiger partial charge < -0.3 is 9.64 Å². The summed E-state index contributed by atoms with van der Waals surface area (Å²) in [6, 6.07) is 12.6. The zero-order chi connectivity index (χ0) is 19.8. The van der Waals surface area contributed by atoms with E-state index in [1.54, 1.807) is 6.20 Å². The fourth-order valence-corrected chi connectivity index (χ4v) is 3.80. The van der Waals surface area contributed by atoms with E-state index in [-0.39, 0.29) is 0 Å². The number of nitrogens with zero attached hydrogens (tertiary/aromatic N) is 5. The summed E-state index contributed by atoms with van der Waals surface area (Å²) in [5.41, 5.74) is 6.38. The van der Waals surface area contributed by atoms with Crippen molar-refractivity contribution in [3.63, 3.8) is 0 Å². The topological polar surface area (TPSA) is 56.1 Å². The summed E-state index contributed by atoms with van der Waals surface area (Å²) in [5.74, 6) is 1.88. The van der Waals surface area contributed by atoms with Crippen LogP contribution in [0.4, 0.5) is 5.82 Å². The van der Waals surface area contributed by atoms with E-state index in [0.29, 0.717) is 0 Å². The Morgan fingerprint density at radius 1 is 0.966 bits per heavy atom. The largest absolute Gasteiger partial charge is 0.378 e. The SMILES string of the molecule is Cc1ccc(-n2c(-c3cnc(N4CCOCC4)cc3C)nc3ccncc32)cc1. The van der Waals surface area contributed by atoms with E-state index in [0.717, 1.165) is 65.8 Å². The first-order chi connectivity index (χ1) is 14.2. The van der Waals surface area contributed by atoms with E-state index < -0.39 is 0 Å². The summed E-state index contributed by atoms with van der Waals surface area (Å²) in [5, 5.41) is 0. The molecule has 0 atom stereocenters. The van der Waals surface area contributed by atoms with Gasteiger partial charge in [-0.1, -0.05) is 17.7 Å². The van der Waals surface area contributed by atoms with Crippen molar-refractivity contribution in [3.05, 3.63) is 66.1 Å². The standard InChI is InChI=1S/C23H23N5O/c1-16-3-5-18(6-4-16)28-21-15-24-8-7-20(21)26-23(28)19-14-25-22(13-17(19)2)27-9-11-29-12-10-27/h3-8,13-15H,9-12H2,1-2H3. The van der Waals surface area contributed by atoms with Gasteiger partial charge in [-0.15, -0.1) is 0 Å². The number of imidazole rings is 1. The lowest BCUT2D eigenvalue weighted by atomic mass is 10.1. The molecule has 0 saturated carbocycles. The lowest BCUT2D eigenvalue weighted by Gasteiger charge is -2.28. The van der Waals surface area contributed by atoms with Crippen LogP contribution in [-0.2, 0) is 4.74 Å².